The molecule has 1 rings (SSSR count). The molecule has 0 saturated heterocycles. The Morgan fingerprint density at radius 1 is 1.05 bits per heavy atom. The Hall–Kier alpha value is -1.02. The normalized spacial score (nSPS) is 13.9. The minimum absolute atomic E-state index is 0.574. The molecule has 1 N–H and O–H groups in total. The fourth-order valence-corrected chi connectivity index (χ4v) is 2.39. The molecular formula is C19H33NO. The molecule has 0 aliphatic rings. The number of rotatable bonds is 11. The van der Waals surface area contributed by atoms with Gasteiger partial charge in [0.15, 0.2) is 0 Å². The van der Waals surface area contributed by atoms with Crippen LogP contribution in [0.4, 0.5) is 0 Å². The predicted molar refractivity (Wildman–Crippen MR) is 91.8 cm³/mol. The van der Waals surface area contributed by atoms with Gasteiger partial charge in [0, 0.05) is 12.6 Å². The highest BCUT2D eigenvalue weighted by Gasteiger charge is 2.06. The summed E-state index contributed by atoms with van der Waals surface area (Å²) in [6.45, 7) is 10.8. The Kier molecular flexibility index (Phi) is 9.16. The SMILES string of the molecule is CCCCCOc1ccc(CNC(C)CC(C)CC)cc1. The maximum Gasteiger partial charge on any atom is 0.119 e. The van der Waals surface area contributed by atoms with Gasteiger partial charge in [0.25, 0.3) is 0 Å². The van der Waals surface area contributed by atoms with Crippen molar-refractivity contribution in [2.45, 2.75) is 72.4 Å². The second-order valence-corrected chi connectivity index (χ2v) is 6.23. The van der Waals surface area contributed by atoms with Crippen LogP contribution in [0, 0.1) is 5.92 Å². The van der Waals surface area contributed by atoms with Crippen LogP contribution in [0.5, 0.6) is 5.75 Å². The van der Waals surface area contributed by atoms with E-state index in [9.17, 15) is 0 Å². The number of nitrogens with one attached hydrogen (secondary N) is 1. The number of unbranched alkanes of at least 4 members (excludes halogenated alkanes) is 2. The van der Waals surface area contributed by atoms with Crippen LogP contribution in [0.25, 0.3) is 0 Å². The Bertz CT molecular complexity index is 360. The van der Waals surface area contributed by atoms with E-state index in [4.69, 9.17) is 4.74 Å². The van der Waals surface area contributed by atoms with E-state index < -0.39 is 0 Å². The zero-order chi connectivity index (χ0) is 15.5. The first kappa shape index (κ1) is 18.0. The Morgan fingerprint density at radius 2 is 1.76 bits per heavy atom. The van der Waals surface area contributed by atoms with Gasteiger partial charge in [-0.2, -0.15) is 0 Å². The molecule has 2 heteroatoms. The summed E-state index contributed by atoms with van der Waals surface area (Å²) in [5.41, 5.74) is 1.33. The molecule has 120 valence electrons. The molecule has 0 spiro atoms. The number of hydrogen-bond acceptors (Lipinski definition) is 2. The average Bonchev–Trinajstić information content (AvgIpc) is 2.50. The molecular weight excluding hydrogens is 258 g/mol. The highest BCUT2D eigenvalue weighted by Crippen LogP contribution is 2.14. The summed E-state index contributed by atoms with van der Waals surface area (Å²) < 4.78 is 5.74. The average molecular weight is 291 g/mol. The molecule has 0 saturated carbocycles. The van der Waals surface area contributed by atoms with E-state index in [1.165, 1.54) is 31.2 Å². The first-order chi connectivity index (χ1) is 10.2. The smallest absolute Gasteiger partial charge is 0.119 e. The molecule has 0 radical (unpaired) electrons. The van der Waals surface area contributed by atoms with Crippen LogP contribution in [0.3, 0.4) is 0 Å². The number of ether oxygens (including phenoxy) is 1. The van der Waals surface area contributed by atoms with Gasteiger partial charge in [-0.3, -0.25) is 0 Å². The first-order valence-corrected chi connectivity index (χ1v) is 8.60. The van der Waals surface area contributed by atoms with Gasteiger partial charge in [-0.05, 0) is 43.4 Å². The van der Waals surface area contributed by atoms with Crippen molar-refractivity contribution >= 4 is 0 Å². The van der Waals surface area contributed by atoms with E-state index >= 15 is 0 Å². The molecule has 2 nitrogen and oxygen atoms in total. The largest absolute Gasteiger partial charge is 0.494 e. The second-order valence-electron chi connectivity index (χ2n) is 6.23. The molecule has 0 aliphatic heterocycles. The maximum absolute atomic E-state index is 5.74. The van der Waals surface area contributed by atoms with E-state index in [0.717, 1.165) is 31.2 Å². The van der Waals surface area contributed by atoms with Gasteiger partial charge in [0.1, 0.15) is 5.75 Å². The zero-order valence-electron chi connectivity index (χ0n) is 14.3. The zero-order valence-corrected chi connectivity index (χ0v) is 14.3. The summed E-state index contributed by atoms with van der Waals surface area (Å²) in [4.78, 5) is 0. The van der Waals surface area contributed by atoms with Crippen molar-refractivity contribution in [2.75, 3.05) is 6.61 Å². The number of hydrogen-bond donors (Lipinski definition) is 1. The van der Waals surface area contributed by atoms with Gasteiger partial charge < -0.3 is 10.1 Å². The summed E-state index contributed by atoms with van der Waals surface area (Å²) >= 11 is 0. The van der Waals surface area contributed by atoms with Crippen LogP contribution in [-0.2, 0) is 6.54 Å². The van der Waals surface area contributed by atoms with Gasteiger partial charge in [-0.15, -0.1) is 0 Å². The van der Waals surface area contributed by atoms with Crippen LogP contribution < -0.4 is 10.1 Å². The molecule has 0 fully saturated rings. The van der Waals surface area contributed by atoms with E-state index in [1.54, 1.807) is 0 Å². The van der Waals surface area contributed by atoms with Crippen molar-refractivity contribution in [2.24, 2.45) is 5.92 Å². The maximum atomic E-state index is 5.74. The Labute approximate surface area is 131 Å². The molecule has 1 aromatic carbocycles. The molecule has 1 aromatic rings. The highest BCUT2D eigenvalue weighted by atomic mass is 16.5. The summed E-state index contributed by atoms with van der Waals surface area (Å²) in [6.07, 6.45) is 6.14. The van der Waals surface area contributed by atoms with Crippen LogP contribution in [-0.4, -0.2) is 12.6 Å². The van der Waals surface area contributed by atoms with E-state index in [-0.39, 0.29) is 0 Å². The van der Waals surface area contributed by atoms with Crippen molar-refractivity contribution in [1.29, 1.82) is 0 Å². The lowest BCUT2D eigenvalue weighted by Crippen LogP contribution is -2.27. The van der Waals surface area contributed by atoms with Crippen LogP contribution >= 0.6 is 0 Å². The molecule has 0 aliphatic carbocycles. The lowest BCUT2D eigenvalue weighted by Gasteiger charge is -2.17. The van der Waals surface area contributed by atoms with Crippen molar-refractivity contribution in [1.82, 2.24) is 5.32 Å². The summed E-state index contributed by atoms with van der Waals surface area (Å²) in [5, 5.41) is 3.60. The lowest BCUT2D eigenvalue weighted by molar-refractivity contribution is 0.306. The molecule has 2 unspecified atom stereocenters. The quantitative estimate of drug-likeness (QED) is 0.568. The van der Waals surface area contributed by atoms with Crippen molar-refractivity contribution < 1.29 is 4.74 Å². The first-order valence-electron chi connectivity index (χ1n) is 8.60. The summed E-state index contributed by atoms with van der Waals surface area (Å²) in [7, 11) is 0. The predicted octanol–water partition coefficient (Wildman–Crippen LogP) is 5.17. The third-order valence-electron chi connectivity index (χ3n) is 4.05. The standard InChI is InChI=1S/C19H33NO/c1-5-7-8-13-21-19-11-9-18(10-12-19)15-20-17(4)14-16(3)6-2/h9-12,16-17,20H,5-8,13-15H2,1-4H3. The van der Waals surface area contributed by atoms with Crippen molar-refractivity contribution in [3.8, 4) is 5.75 Å². The molecule has 0 amide bonds. The summed E-state index contributed by atoms with van der Waals surface area (Å²) in [5.74, 6) is 1.79. The topological polar surface area (TPSA) is 21.3 Å². The molecule has 0 bridgehead atoms. The van der Waals surface area contributed by atoms with E-state index in [2.05, 4.69) is 57.3 Å². The monoisotopic (exact) mass is 291 g/mol. The van der Waals surface area contributed by atoms with Gasteiger partial charge in [0.2, 0.25) is 0 Å². The minimum Gasteiger partial charge on any atom is -0.494 e. The van der Waals surface area contributed by atoms with Crippen LogP contribution in [0.2, 0.25) is 0 Å². The molecule has 21 heavy (non-hydrogen) atoms. The van der Waals surface area contributed by atoms with Gasteiger partial charge in [-0.25, -0.2) is 0 Å². The Balaban J connectivity index is 2.27. The molecule has 0 heterocycles. The molecule has 0 aromatic heterocycles. The van der Waals surface area contributed by atoms with Crippen LogP contribution in [0.15, 0.2) is 24.3 Å². The second kappa shape index (κ2) is 10.7. The fraction of sp³-hybridized carbons (Fsp3) is 0.684. The van der Waals surface area contributed by atoms with E-state index in [1.807, 2.05) is 0 Å². The lowest BCUT2D eigenvalue weighted by atomic mass is 10.0. The number of benzene rings is 1. The van der Waals surface area contributed by atoms with Gasteiger partial charge in [-0.1, -0.05) is 52.2 Å². The fourth-order valence-electron chi connectivity index (χ4n) is 2.39. The van der Waals surface area contributed by atoms with Gasteiger partial charge in [0.05, 0.1) is 6.61 Å². The van der Waals surface area contributed by atoms with Crippen molar-refractivity contribution in [3.05, 3.63) is 29.8 Å². The Morgan fingerprint density at radius 3 is 2.38 bits per heavy atom. The third kappa shape index (κ3) is 8.11. The summed E-state index contributed by atoms with van der Waals surface area (Å²) in [6, 6.07) is 9.07. The minimum atomic E-state index is 0.574. The van der Waals surface area contributed by atoms with Crippen molar-refractivity contribution in [3.63, 3.8) is 0 Å². The van der Waals surface area contributed by atoms with E-state index in [0.29, 0.717) is 6.04 Å². The third-order valence-corrected chi connectivity index (χ3v) is 4.05. The highest BCUT2D eigenvalue weighted by molar-refractivity contribution is 5.27. The van der Waals surface area contributed by atoms with Crippen LogP contribution in [0.1, 0.15) is 65.4 Å². The molecule has 2 atom stereocenters. The van der Waals surface area contributed by atoms with Gasteiger partial charge >= 0.3 is 0 Å².